The lowest BCUT2D eigenvalue weighted by Crippen LogP contribution is -2.15. The molecule has 1 heterocycles. The molecule has 0 amide bonds. The van der Waals surface area contributed by atoms with E-state index < -0.39 is 0 Å². The van der Waals surface area contributed by atoms with Gasteiger partial charge in [-0.2, -0.15) is 0 Å². The predicted molar refractivity (Wildman–Crippen MR) is 56.4 cm³/mol. The highest BCUT2D eigenvalue weighted by Crippen LogP contribution is 2.28. The highest BCUT2D eigenvalue weighted by molar-refractivity contribution is 9.10. The van der Waals surface area contributed by atoms with Crippen molar-refractivity contribution in [3.8, 4) is 0 Å². The molecule has 0 aliphatic heterocycles. The van der Waals surface area contributed by atoms with Crippen LogP contribution in [0.2, 0.25) is 0 Å². The van der Waals surface area contributed by atoms with Gasteiger partial charge in [0, 0.05) is 15.9 Å². The molecule has 66 valence electrons. The fourth-order valence-electron chi connectivity index (χ4n) is 1.16. The predicted octanol–water partition coefficient (Wildman–Crippen LogP) is 3.01. The standard InChI is InChI=1S/C9H12BrNS/c10-8-3-4-12-9(8)6-11-5-7-1-2-7/h3-4,7,11H,1-2,5-6H2. The van der Waals surface area contributed by atoms with Crippen molar-refractivity contribution < 1.29 is 0 Å². The van der Waals surface area contributed by atoms with E-state index in [2.05, 4.69) is 32.7 Å². The summed E-state index contributed by atoms with van der Waals surface area (Å²) in [6.45, 7) is 2.22. The van der Waals surface area contributed by atoms with Crippen molar-refractivity contribution in [3.05, 3.63) is 20.8 Å². The lowest BCUT2D eigenvalue weighted by Gasteiger charge is -2.00. The molecule has 1 aliphatic rings. The van der Waals surface area contributed by atoms with E-state index in [1.807, 2.05) is 11.3 Å². The normalized spacial score (nSPS) is 16.8. The van der Waals surface area contributed by atoms with Crippen molar-refractivity contribution >= 4 is 27.3 Å². The Morgan fingerprint density at radius 3 is 3.00 bits per heavy atom. The number of rotatable bonds is 4. The van der Waals surface area contributed by atoms with Crippen molar-refractivity contribution in [2.45, 2.75) is 19.4 Å². The first-order valence-electron chi connectivity index (χ1n) is 4.29. The Bertz CT molecular complexity index is 255. The fourth-order valence-corrected chi connectivity index (χ4v) is 2.63. The minimum absolute atomic E-state index is 0.976. The van der Waals surface area contributed by atoms with E-state index in [1.54, 1.807) is 0 Å². The van der Waals surface area contributed by atoms with Gasteiger partial charge in [-0.05, 0) is 52.7 Å². The first kappa shape index (κ1) is 8.73. The van der Waals surface area contributed by atoms with Gasteiger partial charge in [-0.3, -0.25) is 0 Å². The van der Waals surface area contributed by atoms with Crippen LogP contribution in [-0.4, -0.2) is 6.54 Å². The fraction of sp³-hybridized carbons (Fsp3) is 0.556. The van der Waals surface area contributed by atoms with Gasteiger partial charge < -0.3 is 5.32 Å². The molecule has 1 aromatic heterocycles. The smallest absolute Gasteiger partial charge is 0.0327 e. The van der Waals surface area contributed by atoms with Crippen LogP contribution in [0, 0.1) is 5.92 Å². The molecular formula is C9H12BrNS. The zero-order valence-corrected chi connectivity index (χ0v) is 9.25. The van der Waals surface area contributed by atoms with Crippen LogP contribution in [0.25, 0.3) is 0 Å². The van der Waals surface area contributed by atoms with E-state index in [4.69, 9.17) is 0 Å². The maximum absolute atomic E-state index is 3.52. The molecule has 1 nitrogen and oxygen atoms in total. The molecule has 0 radical (unpaired) electrons. The van der Waals surface area contributed by atoms with E-state index in [9.17, 15) is 0 Å². The van der Waals surface area contributed by atoms with Crippen molar-refractivity contribution in [1.82, 2.24) is 5.32 Å². The van der Waals surface area contributed by atoms with Crippen LogP contribution >= 0.6 is 27.3 Å². The zero-order chi connectivity index (χ0) is 8.39. The molecular weight excluding hydrogens is 234 g/mol. The van der Waals surface area contributed by atoms with Crippen molar-refractivity contribution in [1.29, 1.82) is 0 Å². The third-order valence-corrected chi connectivity index (χ3v) is 4.03. The summed E-state index contributed by atoms with van der Waals surface area (Å²) < 4.78 is 1.25. The summed E-state index contributed by atoms with van der Waals surface area (Å²) in [6, 6.07) is 2.11. The number of nitrogens with one attached hydrogen (secondary N) is 1. The van der Waals surface area contributed by atoms with E-state index >= 15 is 0 Å². The second-order valence-corrected chi connectivity index (χ2v) is 5.12. The molecule has 2 rings (SSSR count). The van der Waals surface area contributed by atoms with Gasteiger partial charge >= 0.3 is 0 Å². The molecule has 0 saturated heterocycles. The van der Waals surface area contributed by atoms with Gasteiger partial charge in [0.15, 0.2) is 0 Å². The van der Waals surface area contributed by atoms with Gasteiger partial charge in [0.25, 0.3) is 0 Å². The first-order valence-corrected chi connectivity index (χ1v) is 5.96. The average molecular weight is 246 g/mol. The second kappa shape index (κ2) is 3.90. The lowest BCUT2D eigenvalue weighted by atomic mass is 10.4. The summed E-state index contributed by atoms with van der Waals surface area (Å²) in [4.78, 5) is 1.41. The molecule has 1 aliphatic carbocycles. The Balaban J connectivity index is 1.75. The molecule has 0 aromatic carbocycles. The third-order valence-electron chi connectivity index (χ3n) is 2.11. The Kier molecular flexibility index (Phi) is 2.84. The molecule has 1 saturated carbocycles. The van der Waals surface area contributed by atoms with Crippen LogP contribution in [0.4, 0.5) is 0 Å². The first-order chi connectivity index (χ1) is 5.86. The van der Waals surface area contributed by atoms with E-state index in [-0.39, 0.29) is 0 Å². The SMILES string of the molecule is Brc1ccsc1CNCC1CC1. The number of hydrogen-bond donors (Lipinski definition) is 1. The number of halogens is 1. The van der Waals surface area contributed by atoms with Gasteiger partial charge in [-0.1, -0.05) is 0 Å². The quantitative estimate of drug-likeness (QED) is 0.861. The summed E-state index contributed by atoms with van der Waals surface area (Å²) in [6.07, 6.45) is 2.86. The van der Waals surface area contributed by atoms with Crippen LogP contribution in [0.3, 0.4) is 0 Å². The average Bonchev–Trinajstić information content (AvgIpc) is 2.78. The molecule has 0 atom stereocenters. The molecule has 0 unspecified atom stereocenters. The topological polar surface area (TPSA) is 12.0 Å². The van der Waals surface area contributed by atoms with Gasteiger partial charge in [0.05, 0.1) is 0 Å². The van der Waals surface area contributed by atoms with Crippen LogP contribution in [0.15, 0.2) is 15.9 Å². The van der Waals surface area contributed by atoms with Crippen molar-refractivity contribution in [2.75, 3.05) is 6.54 Å². The van der Waals surface area contributed by atoms with Crippen LogP contribution in [0.1, 0.15) is 17.7 Å². The highest BCUT2D eigenvalue weighted by Gasteiger charge is 2.20. The molecule has 3 heteroatoms. The summed E-state index contributed by atoms with van der Waals surface area (Å²) in [7, 11) is 0. The number of thiophene rings is 1. The minimum atomic E-state index is 0.976. The minimum Gasteiger partial charge on any atom is -0.312 e. The monoisotopic (exact) mass is 245 g/mol. The Labute approximate surface area is 85.3 Å². The Morgan fingerprint density at radius 2 is 2.42 bits per heavy atom. The van der Waals surface area contributed by atoms with Gasteiger partial charge in [-0.15, -0.1) is 11.3 Å². The molecule has 0 spiro atoms. The molecule has 1 aromatic rings. The lowest BCUT2D eigenvalue weighted by molar-refractivity contribution is 0.642. The van der Waals surface area contributed by atoms with Gasteiger partial charge in [-0.25, -0.2) is 0 Å². The van der Waals surface area contributed by atoms with E-state index in [0.29, 0.717) is 0 Å². The summed E-state index contributed by atoms with van der Waals surface area (Å²) in [5.74, 6) is 0.976. The molecule has 12 heavy (non-hydrogen) atoms. The Hall–Kier alpha value is 0.140. The Morgan fingerprint density at radius 1 is 1.58 bits per heavy atom. The van der Waals surface area contributed by atoms with Crippen LogP contribution in [0.5, 0.6) is 0 Å². The van der Waals surface area contributed by atoms with Crippen molar-refractivity contribution in [2.24, 2.45) is 5.92 Å². The maximum atomic E-state index is 3.52. The highest BCUT2D eigenvalue weighted by atomic mass is 79.9. The zero-order valence-electron chi connectivity index (χ0n) is 6.85. The maximum Gasteiger partial charge on any atom is 0.0327 e. The third kappa shape index (κ3) is 2.31. The summed E-state index contributed by atoms with van der Waals surface area (Å²) >= 11 is 5.33. The largest absolute Gasteiger partial charge is 0.312 e. The number of hydrogen-bond acceptors (Lipinski definition) is 2. The van der Waals surface area contributed by atoms with Crippen LogP contribution < -0.4 is 5.32 Å². The van der Waals surface area contributed by atoms with E-state index in [0.717, 1.165) is 12.5 Å². The van der Waals surface area contributed by atoms with E-state index in [1.165, 1.54) is 28.7 Å². The van der Waals surface area contributed by atoms with Gasteiger partial charge in [0.2, 0.25) is 0 Å². The molecule has 1 fully saturated rings. The molecule has 1 N–H and O–H groups in total. The molecule has 0 bridgehead atoms. The van der Waals surface area contributed by atoms with Gasteiger partial charge in [0.1, 0.15) is 0 Å². The summed E-state index contributed by atoms with van der Waals surface area (Å²) in [5.41, 5.74) is 0. The summed E-state index contributed by atoms with van der Waals surface area (Å²) in [5, 5.41) is 5.59. The second-order valence-electron chi connectivity index (χ2n) is 3.27. The van der Waals surface area contributed by atoms with Crippen LogP contribution in [-0.2, 0) is 6.54 Å². The van der Waals surface area contributed by atoms with Crippen molar-refractivity contribution in [3.63, 3.8) is 0 Å².